The molecule has 1 saturated carbocycles. The summed E-state index contributed by atoms with van der Waals surface area (Å²) in [5.41, 5.74) is -0.141. The Labute approximate surface area is 134 Å². The van der Waals surface area contributed by atoms with Crippen molar-refractivity contribution < 1.29 is 19.2 Å². The largest absolute Gasteiger partial charge is 0.452 e. The summed E-state index contributed by atoms with van der Waals surface area (Å²) in [6.07, 6.45) is 4.28. The highest BCUT2D eigenvalue weighted by Gasteiger charge is 2.23. The topological polar surface area (TPSA) is 98.5 Å². The summed E-state index contributed by atoms with van der Waals surface area (Å²) in [5, 5.41) is 13.6. The van der Waals surface area contributed by atoms with E-state index in [1.807, 2.05) is 0 Å². The van der Waals surface area contributed by atoms with Crippen molar-refractivity contribution in [3.05, 3.63) is 39.9 Å². The van der Waals surface area contributed by atoms with Crippen LogP contribution in [-0.4, -0.2) is 29.4 Å². The second-order valence-electron chi connectivity index (χ2n) is 5.82. The van der Waals surface area contributed by atoms with Gasteiger partial charge in [-0.05, 0) is 24.8 Å². The van der Waals surface area contributed by atoms with Gasteiger partial charge in [0.25, 0.3) is 11.6 Å². The molecule has 0 aromatic heterocycles. The Hall–Kier alpha value is -2.44. The normalized spacial score (nSPS) is 20.6. The number of esters is 1. The molecule has 1 aromatic carbocycles. The summed E-state index contributed by atoms with van der Waals surface area (Å²) in [7, 11) is 0. The summed E-state index contributed by atoms with van der Waals surface area (Å²) >= 11 is 0. The van der Waals surface area contributed by atoms with Gasteiger partial charge in [0, 0.05) is 18.2 Å². The van der Waals surface area contributed by atoms with Crippen LogP contribution in [0.2, 0.25) is 0 Å². The third kappa shape index (κ3) is 4.77. The molecule has 1 amide bonds. The van der Waals surface area contributed by atoms with Gasteiger partial charge in [-0.2, -0.15) is 0 Å². The van der Waals surface area contributed by atoms with Crippen LogP contribution >= 0.6 is 0 Å². The number of carbonyl (C=O) groups excluding carboxylic acids is 2. The Morgan fingerprint density at radius 2 is 2.09 bits per heavy atom. The zero-order chi connectivity index (χ0) is 16.8. The van der Waals surface area contributed by atoms with Crippen LogP contribution < -0.4 is 5.32 Å². The zero-order valence-electron chi connectivity index (χ0n) is 13.0. The molecule has 1 aliphatic rings. The van der Waals surface area contributed by atoms with E-state index in [2.05, 4.69) is 12.2 Å². The lowest BCUT2D eigenvalue weighted by molar-refractivity contribution is -0.384. The molecule has 124 valence electrons. The minimum Gasteiger partial charge on any atom is -0.452 e. The van der Waals surface area contributed by atoms with E-state index in [0.29, 0.717) is 5.92 Å². The molecule has 0 radical (unpaired) electrons. The van der Waals surface area contributed by atoms with Crippen molar-refractivity contribution >= 4 is 17.6 Å². The number of amides is 1. The number of benzene rings is 1. The van der Waals surface area contributed by atoms with E-state index in [-0.39, 0.29) is 29.8 Å². The van der Waals surface area contributed by atoms with Crippen molar-refractivity contribution in [2.45, 2.75) is 38.6 Å². The van der Waals surface area contributed by atoms with E-state index in [1.54, 1.807) is 0 Å². The number of rotatable bonds is 5. The van der Waals surface area contributed by atoms with Crippen LogP contribution in [0.4, 0.5) is 5.69 Å². The number of non-ortho nitro benzene ring substituents is 1. The number of nitro groups is 1. The minimum atomic E-state index is -0.749. The van der Waals surface area contributed by atoms with Crippen molar-refractivity contribution in [3.63, 3.8) is 0 Å². The molecule has 0 bridgehead atoms. The third-order valence-electron chi connectivity index (χ3n) is 4.08. The molecule has 1 aliphatic carbocycles. The van der Waals surface area contributed by atoms with E-state index >= 15 is 0 Å². The van der Waals surface area contributed by atoms with Crippen LogP contribution in [0.3, 0.4) is 0 Å². The van der Waals surface area contributed by atoms with E-state index < -0.39 is 10.9 Å². The summed E-state index contributed by atoms with van der Waals surface area (Å²) in [6, 6.07) is 5.35. The second kappa shape index (κ2) is 7.71. The monoisotopic (exact) mass is 320 g/mol. The highest BCUT2D eigenvalue weighted by molar-refractivity contribution is 5.91. The predicted octanol–water partition coefficient (Wildman–Crippen LogP) is 2.45. The zero-order valence-corrected chi connectivity index (χ0v) is 13.0. The van der Waals surface area contributed by atoms with E-state index in [0.717, 1.165) is 25.3 Å². The molecule has 0 unspecified atom stereocenters. The Balaban J connectivity index is 1.85. The molecule has 0 aliphatic heterocycles. The first kappa shape index (κ1) is 16.9. The molecule has 0 heterocycles. The fourth-order valence-electron chi connectivity index (χ4n) is 2.74. The maximum atomic E-state index is 11.9. The molecule has 1 aromatic rings. The van der Waals surface area contributed by atoms with Crippen LogP contribution in [0.1, 0.15) is 43.0 Å². The summed E-state index contributed by atoms with van der Waals surface area (Å²) in [6.45, 7) is 1.71. The van der Waals surface area contributed by atoms with Crippen molar-refractivity contribution in [2.24, 2.45) is 5.92 Å². The first-order chi connectivity index (χ1) is 11.0. The van der Waals surface area contributed by atoms with Crippen molar-refractivity contribution in [1.29, 1.82) is 0 Å². The first-order valence-corrected chi connectivity index (χ1v) is 7.68. The molecule has 0 spiro atoms. The van der Waals surface area contributed by atoms with Gasteiger partial charge in [-0.15, -0.1) is 0 Å². The number of nitro benzene ring substituents is 1. The van der Waals surface area contributed by atoms with Crippen LogP contribution in [0.5, 0.6) is 0 Å². The van der Waals surface area contributed by atoms with Crippen molar-refractivity contribution in [1.82, 2.24) is 5.32 Å². The van der Waals surface area contributed by atoms with Crippen molar-refractivity contribution in [3.8, 4) is 0 Å². The average Bonchev–Trinajstić information content (AvgIpc) is 2.55. The average molecular weight is 320 g/mol. The summed E-state index contributed by atoms with van der Waals surface area (Å²) < 4.78 is 4.93. The number of hydrogen-bond acceptors (Lipinski definition) is 5. The van der Waals surface area contributed by atoms with Crippen LogP contribution in [0.15, 0.2) is 24.3 Å². The first-order valence-electron chi connectivity index (χ1n) is 7.68. The van der Waals surface area contributed by atoms with E-state index in [9.17, 15) is 19.7 Å². The van der Waals surface area contributed by atoms with Gasteiger partial charge in [-0.25, -0.2) is 4.79 Å². The Bertz CT molecular complexity index is 602. The van der Waals surface area contributed by atoms with Gasteiger partial charge in [-0.3, -0.25) is 14.9 Å². The molecular formula is C16H20N2O5. The molecule has 1 N–H and O–H groups in total. The third-order valence-corrected chi connectivity index (χ3v) is 4.08. The fraction of sp³-hybridized carbons (Fsp3) is 0.500. The highest BCUT2D eigenvalue weighted by atomic mass is 16.6. The minimum absolute atomic E-state index is 0.0537. The standard InChI is InChI=1S/C16H20N2O5/c1-11-5-2-3-8-14(11)17-15(19)10-23-16(20)12-6-4-7-13(9-12)18(21)22/h4,6-7,9,11,14H,2-3,5,8,10H2,1H3,(H,17,19)/t11-,14+/m1/s1. The molecular weight excluding hydrogens is 300 g/mol. The molecule has 0 saturated heterocycles. The SMILES string of the molecule is C[C@@H]1CCCC[C@@H]1NC(=O)COC(=O)c1cccc([N+](=O)[O-])c1. The van der Waals surface area contributed by atoms with Crippen LogP contribution in [0.25, 0.3) is 0 Å². The maximum absolute atomic E-state index is 11.9. The lowest BCUT2D eigenvalue weighted by Crippen LogP contribution is -2.42. The predicted molar refractivity (Wildman–Crippen MR) is 82.9 cm³/mol. The van der Waals surface area contributed by atoms with Gasteiger partial charge in [0.2, 0.25) is 0 Å². The molecule has 7 nitrogen and oxygen atoms in total. The molecule has 2 rings (SSSR count). The summed E-state index contributed by atoms with van der Waals surface area (Å²) in [4.78, 5) is 33.8. The van der Waals surface area contributed by atoms with Crippen LogP contribution in [0, 0.1) is 16.0 Å². The number of nitrogens with one attached hydrogen (secondary N) is 1. The molecule has 1 fully saturated rings. The quantitative estimate of drug-likeness (QED) is 0.510. The maximum Gasteiger partial charge on any atom is 0.338 e. The number of hydrogen-bond donors (Lipinski definition) is 1. The van der Waals surface area contributed by atoms with Gasteiger partial charge in [0.15, 0.2) is 6.61 Å². The lowest BCUT2D eigenvalue weighted by Gasteiger charge is -2.29. The Morgan fingerprint density at radius 3 is 2.78 bits per heavy atom. The smallest absolute Gasteiger partial charge is 0.338 e. The Kier molecular flexibility index (Phi) is 5.67. The fourth-order valence-corrected chi connectivity index (χ4v) is 2.74. The molecule has 23 heavy (non-hydrogen) atoms. The lowest BCUT2D eigenvalue weighted by atomic mass is 9.86. The molecule has 2 atom stereocenters. The highest BCUT2D eigenvalue weighted by Crippen LogP contribution is 2.23. The van der Waals surface area contributed by atoms with Gasteiger partial charge in [0.05, 0.1) is 10.5 Å². The number of carbonyl (C=O) groups is 2. The van der Waals surface area contributed by atoms with E-state index in [1.165, 1.54) is 24.6 Å². The number of ether oxygens (including phenoxy) is 1. The Morgan fingerprint density at radius 1 is 1.35 bits per heavy atom. The van der Waals surface area contributed by atoms with Gasteiger partial charge < -0.3 is 10.1 Å². The van der Waals surface area contributed by atoms with Crippen molar-refractivity contribution in [2.75, 3.05) is 6.61 Å². The van der Waals surface area contributed by atoms with Gasteiger partial charge in [0.1, 0.15) is 0 Å². The van der Waals surface area contributed by atoms with E-state index in [4.69, 9.17) is 4.74 Å². The second-order valence-corrected chi connectivity index (χ2v) is 5.82. The van der Waals surface area contributed by atoms with Gasteiger partial charge >= 0.3 is 5.97 Å². The summed E-state index contributed by atoms with van der Waals surface area (Å²) in [5.74, 6) is -0.678. The van der Waals surface area contributed by atoms with Crippen LogP contribution in [-0.2, 0) is 9.53 Å². The van der Waals surface area contributed by atoms with Gasteiger partial charge in [-0.1, -0.05) is 25.8 Å². The molecule has 7 heteroatoms. The number of nitrogens with zero attached hydrogens (tertiary/aromatic N) is 1.